The number of allylic oxidation sites excluding steroid dienone is 1. The van der Waals surface area contributed by atoms with E-state index in [-0.39, 0.29) is 11.6 Å². The maximum atomic E-state index is 12.3. The number of hydrogen-bond acceptors (Lipinski definition) is 6. The lowest BCUT2D eigenvalue weighted by molar-refractivity contribution is 0.0991. The van der Waals surface area contributed by atoms with Gasteiger partial charge in [-0.15, -0.1) is 45.3 Å². The van der Waals surface area contributed by atoms with Gasteiger partial charge in [0.1, 0.15) is 0 Å². The van der Waals surface area contributed by atoms with Gasteiger partial charge in [-0.25, -0.2) is 0 Å². The fourth-order valence-corrected chi connectivity index (χ4v) is 7.23. The SMILES string of the molecule is O=C1/C(=C\c2cc3sc4ccsc4c3s2)C(=O)c2sccc21. The second-order valence-corrected chi connectivity index (χ2v) is 8.94. The third kappa shape index (κ3) is 1.63. The number of carbonyl (C=O) groups is 2. The number of fused-ring (bicyclic) bond motifs is 4. The van der Waals surface area contributed by atoms with E-state index in [1.54, 1.807) is 51.5 Å². The molecule has 0 aromatic carbocycles. The highest BCUT2D eigenvalue weighted by Crippen LogP contribution is 2.43. The first kappa shape index (κ1) is 12.9. The van der Waals surface area contributed by atoms with Crippen molar-refractivity contribution in [2.45, 2.75) is 0 Å². The van der Waals surface area contributed by atoms with E-state index in [0.29, 0.717) is 16.0 Å². The average molecular weight is 358 g/mol. The van der Waals surface area contributed by atoms with Crippen molar-refractivity contribution in [2.24, 2.45) is 0 Å². The molecule has 6 heteroatoms. The van der Waals surface area contributed by atoms with Crippen LogP contribution in [0.2, 0.25) is 0 Å². The molecular formula is C16H6O2S4. The summed E-state index contributed by atoms with van der Waals surface area (Å²) in [5, 5.41) is 3.90. The highest BCUT2D eigenvalue weighted by atomic mass is 32.1. The van der Waals surface area contributed by atoms with Crippen molar-refractivity contribution in [1.82, 2.24) is 0 Å². The van der Waals surface area contributed by atoms with Gasteiger partial charge in [0, 0.05) is 19.8 Å². The number of hydrogen-bond donors (Lipinski definition) is 0. The smallest absolute Gasteiger partial charge is 0.207 e. The minimum absolute atomic E-state index is 0.131. The molecule has 0 spiro atoms. The van der Waals surface area contributed by atoms with Crippen molar-refractivity contribution >= 4 is 81.8 Å². The number of carbonyl (C=O) groups excluding carboxylic acids is 2. The largest absolute Gasteiger partial charge is 0.288 e. The normalized spacial score (nSPS) is 16.5. The van der Waals surface area contributed by atoms with Gasteiger partial charge in [0.15, 0.2) is 5.78 Å². The highest BCUT2D eigenvalue weighted by molar-refractivity contribution is 7.38. The van der Waals surface area contributed by atoms with E-state index in [1.165, 1.54) is 30.1 Å². The van der Waals surface area contributed by atoms with E-state index < -0.39 is 0 Å². The molecule has 0 bridgehead atoms. The van der Waals surface area contributed by atoms with Crippen LogP contribution < -0.4 is 0 Å². The Bertz CT molecular complexity index is 1080. The molecule has 4 heterocycles. The summed E-state index contributed by atoms with van der Waals surface area (Å²) in [6, 6.07) is 5.96. The molecule has 0 unspecified atom stereocenters. The second-order valence-electron chi connectivity index (χ2n) is 4.94. The van der Waals surface area contributed by atoms with Gasteiger partial charge in [0.25, 0.3) is 0 Å². The number of Topliss-reactive ketones (excluding diaryl/α,β-unsaturated/α-hetero) is 2. The number of ketones is 2. The molecular weight excluding hydrogens is 352 g/mol. The molecule has 1 aliphatic carbocycles. The molecule has 0 amide bonds. The molecule has 5 rings (SSSR count). The predicted octanol–water partition coefficient (Wildman–Crippen LogP) is 5.70. The fourth-order valence-electron chi connectivity index (χ4n) is 2.67. The van der Waals surface area contributed by atoms with Gasteiger partial charge in [-0.2, -0.15) is 0 Å². The third-order valence-electron chi connectivity index (χ3n) is 3.66. The van der Waals surface area contributed by atoms with Crippen LogP contribution in [-0.2, 0) is 0 Å². The lowest BCUT2D eigenvalue weighted by Gasteiger charge is -1.92. The van der Waals surface area contributed by atoms with Crippen molar-refractivity contribution in [1.29, 1.82) is 0 Å². The Hall–Kier alpha value is -1.60. The Balaban J connectivity index is 1.66. The van der Waals surface area contributed by atoms with E-state index in [4.69, 9.17) is 0 Å². The van der Waals surface area contributed by atoms with Crippen LogP contribution in [0.1, 0.15) is 24.9 Å². The van der Waals surface area contributed by atoms with Gasteiger partial charge in [0.2, 0.25) is 5.78 Å². The highest BCUT2D eigenvalue weighted by Gasteiger charge is 2.34. The predicted molar refractivity (Wildman–Crippen MR) is 96.0 cm³/mol. The Kier molecular flexibility index (Phi) is 2.61. The van der Waals surface area contributed by atoms with Crippen LogP contribution in [0.25, 0.3) is 24.9 Å². The summed E-state index contributed by atoms with van der Waals surface area (Å²) in [4.78, 5) is 26.2. The molecule has 0 N–H and O–H groups in total. The van der Waals surface area contributed by atoms with Crippen molar-refractivity contribution in [2.75, 3.05) is 0 Å². The Morgan fingerprint density at radius 3 is 2.59 bits per heavy atom. The molecule has 22 heavy (non-hydrogen) atoms. The molecule has 0 saturated carbocycles. The van der Waals surface area contributed by atoms with Crippen LogP contribution in [0.15, 0.2) is 34.5 Å². The van der Waals surface area contributed by atoms with E-state index in [2.05, 4.69) is 17.5 Å². The van der Waals surface area contributed by atoms with Crippen LogP contribution >= 0.6 is 45.3 Å². The minimum Gasteiger partial charge on any atom is -0.288 e. The maximum absolute atomic E-state index is 12.3. The Morgan fingerprint density at radius 2 is 1.73 bits per heavy atom. The number of thiophene rings is 4. The summed E-state index contributed by atoms with van der Waals surface area (Å²) >= 11 is 6.50. The van der Waals surface area contributed by atoms with E-state index in [0.717, 1.165) is 4.88 Å². The monoisotopic (exact) mass is 358 g/mol. The first-order chi connectivity index (χ1) is 10.7. The number of rotatable bonds is 1. The molecule has 2 nitrogen and oxygen atoms in total. The van der Waals surface area contributed by atoms with Crippen LogP contribution in [0.5, 0.6) is 0 Å². The zero-order valence-corrected chi connectivity index (χ0v) is 14.2. The minimum atomic E-state index is -0.140. The van der Waals surface area contributed by atoms with Crippen LogP contribution in [-0.4, -0.2) is 11.6 Å². The zero-order chi connectivity index (χ0) is 14.8. The van der Waals surface area contributed by atoms with Gasteiger partial charge >= 0.3 is 0 Å². The quantitative estimate of drug-likeness (QED) is 0.323. The summed E-state index contributed by atoms with van der Waals surface area (Å²) in [5.74, 6) is -0.271. The summed E-state index contributed by atoms with van der Waals surface area (Å²) in [7, 11) is 0. The summed E-state index contributed by atoms with van der Waals surface area (Å²) in [5.41, 5.74) is 0.860. The van der Waals surface area contributed by atoms with E-state index >= 15 is 0 Å². The molecule has 0 aliphatic heterocycles. The molecule has 0 atom stereocenters. The van der Waals surface area contributed by atoms with Gasteiger partial charge in [0.05, 0.1) is 19.9 Å². The summed E-state index contributed by atoms with van der Waals surface area (Å²) in [6.07, 6.45) is 1.76. The second kappa shape index (κ2) is 4.45. The van der Waals surface area contributed by atoms with Gasteiger partial charge in [-0.1, -0.05) is 0 Å². The van der Waals surface area contributed by atoms with Crippen molar-refractivity contribution in [3.05, 3.63) is 49.9 Å². The topological polar surface area (TPSA) is 34.1 Å². The lowest BCUT2D eigenvalue weighted by Crippen LogP contribution is -1.99. The van der Waals surface area contributed by atoms with Gasteiger partial charge < -0.3 is 0 Å². The Morgan fingerprint density at radius 1 is 0.864 bits per heavy atom. The van der Waals surface area contributed by atoms with Crippen molar-refractivity contribution in [3.8, 4) is 0 Å². The average Bonchev–Trinajstić information content (AvgIpc) is 3.24. The molecule has 4 aromatic rings. The van der Waals surface area contributed by atoms with Crippen molar-refractivity contribution in [3.63, 3.8) is 0 Å². The molecule has 0 saturated heterocycles. The molecule has 106 valence electrons. The molecule has 0 fully saturated rings. The van der Waals surface area contributed by atoms with Crippen LogP contribution in [0.3, 0.4) is 0 Å². The van der Waals surface area contributed by atoms with E-state index in [9.17, 15) is 9.59 Å². The first-order valence-corrected chi connectivity index (χ1v) is 9.90. The molecule has 1 aliphatic rings. The molecule has 4 aromatic heterocycles. The van der Waals surface area contributed by atoms with E-state index in [1.807, 2.05) is 0 Å². The van der Waals surface area contributed by atoms with Gasteiger partial charge in [-0.3, -0.25) is 9.59 Å². The van der Waals surface area contributed by atoms with Crippen LogP contribution in [0.4, 0.5) is 0 Å². The summed E-state index contributed by atoms with van der Waals surface area (Å²) < 4.78 is 5.10. The summed E-state index contributed by atoms with van der Waals surface area (Å²) in [6.45, 7) is 0. The standard InChI is InChI=1S/C16H6O2S4/c17-12-8-1-3-19-14(8)13(18)9(12)5-7-6-11-16(21-7)15-10(22-11)2-4-20-15/h1-6H/b9-5+. The first-order valence-electron chi connectivity index (χ1n) is 6.50. The van der Waals surface area contributed by atoms with Crippen molar-refractivity contribution < 1.29 is 9.59 Å². The lowest BCUT2D eigenvalue weighted by atomic mass is 10.1. The van der Waals surface area contributed by atoms with Crippen LogP contribution in [0, 0.1) is 0 Å². The Labute approximate surface area is 141 Å². The van der Waals surface area contributed by atoms with Gasteiger partial charge in [-0.05, 0) is 35.0 Å². The molecule has 0 radical (unpaired) electrons. The fraction of sp³-hybridized carbons (Fsp3) is 0. The maximum Gasteiger partial charge on any atom is 0.207 e. The third-order valence-corrected chi connectivity index (χ3v) is 8.10. The zero-order valence-electron chi connectivity index (χ0n) is 10.9.